The first-order chi connectivity index (χ1) is 14.4. The number of benzene rings is 2. The number of hydrogen-bond donors (Lipinski definition) is 0. The second-order valence-corrected chi connectivity index (χ2v) is 9.62. The summed E-state index contributed by atoms with van der Waals surface area (Å²) in [5.74, 6) is 0.749. The van der Waals surface area contributed by atoms with E-state index in [1.165, 1.54) is 42.9 Å². The van der Waals surface area contributed by atoms with Crippen LogP contribution in [0.1, 0.15) is 39.5 Å². The maximum absolute atomic E-state index is 12.8. The van der Waals surface area contributed by atoms with E-state index in [1.54, 1.807) is 24.3 Å². The molecule has 0 aliphatic carbocycles. The number of hydrogen-bond acceptors (Lipinski definition) is 4. The number of ether oxygens (including phenoxy) is 1. The van der Waals surface area contributed by atoms with E-state index >= 15 is 0 Å². The predicted molar refractivity (Wildman–Crippen MR) is 125 cm³/mol. The van der Waals surface area contributed by atoms with Crippen LogP contribution in [0.25, 0.3) is 0 Å². The molecule has 0 amide bonds. The number of sulfonamides is 1. The smallest absolute Gasteiger partial charge is 0.264 e. The van der Waals surface area contributed by atoms with Gasteiger partial charge in [-0.1, -0.05) is 38.3 Å². The zero-order valence-electron chi connectivity index (χ0n) is 18.2. The molecule has 0 aliphatic heterocycles. The molecule has 0 N–H and O–H groups in total. The molecule has 0 atom stereocenters. The highest BCUT2D eigenvalue weighted by atomic mass is 35.5. The summed E-state index contributed by atoms with van der Waals surface area (Å²) in [6.07, 6.45) is 4.61. The van der Waals surface area contributed by atoms with Crippen LogP contribution in [-0.2, 0) is 10.0 Å². The third kappa shape index (κ3) is 7.18. The quantitative estimate of drug-likeness (QED) is 0.379. The predicted octanol–water partition coefficient (Wildman–Crippen LogP) is 5.45. The van der Waals surface area contributed by atoms with E-state index in [9.17, 15) is 8.42 Å². The van der Waals surface area contributed by atoms with Crippen LogP contribution in [-0.4, -0.2) is 46.6 Å². The van der Waals surface area contributed by atoms with E-state index in [0.29, 0.717) is 17.3 Å². The Balaban J connectivity index is 1.78. The largest absolute Gasteiger partial charge is 0.494 e. The molecule has 0 bridgehead atoms. The molecule has 0 unspecified atom stereocenters. The molecular weight excluding hydrogens is 420 g/mol. The van der Waals surface area contributed by atoms with Gasteiger partial charge in [0.05, 0.1) is 17.2 Å². The average Bonchev–Trinajstić information content (AvgIpc) is 2.76. The Bertz CT molecular complexity index is 851. The number of nitrogens with zero attached hydrogens (tertiary/aromatic N) is 2. The first-order valence-corrected chi connectivity index (χ1v) is 12.4. The first-order valence-electron chi connectivity index (χ1n) is 10.6. The topological polar surface area (TPSA) is 49.9 Å². The van der Waals surface area contributed by atoms with Crippen LogP contribution in [0.3, 0.4) is 0 Å². The molecule has 0 spiro atoms. The monoisotopic (exact) mass is 452 g/mol. The summed E-state index contributed by atoms with van der Waals surface area (Å²) in [4.78, 5) is 2.65. The minimum absolute atomic E-state index is 0.204. The molecule has 7 heteroatoms. The lowest BCUT2D eigenvalue weighted by Crippen LogP contribution is -2.26. The van der Waals surface area contributed by atoms with Crippen LogP contribution < -0.4 is 9.04 Å². The third-order valence-corrected chi connectivity index (χ3v) is 7.26. The minimum Gasteiger partial charge on any atom is -0.494 e. The van der Waals surface area contributed by atoms with Crippen molar-refractivity contribution in [2.24, 2.45) is 0 Å². The first kappa shape index (κ1) is 24.5. The van der Waals surface area contributed by atoms with Crippen LogP contribution in [0, 0.1) is 0 Å². The van der Waals surface area contributed by atoms with Gasteiger partial charge in [0.15, 0.2) is 0 Å². The highest BCUT2D eigenvalue weighted by molar-refractivity contribution is 7.92. The molecule has 30 heavy (non-hydrogen) atoms. The summed E-state index contributed by atoms with van der Waals surface area (Å²) in [5.41, 5.74) is 0.578. The van der Waals surface area contributed by atoms with E-state index < -0.39 is 10.0 Å². The molecular formula is C23H33ClN2O3S. The van der Waals surface area contributed by atoms with Gasteiger partial charge in [0, 0.05) is 12.1 Å². The summed E-state index contributed by atoms with van der Waals surface area (Å²) < 4.78 is 32.6. The van der Waals surface area contributed by atoms with Gasteiger partial charge in [-0.05, 0) is 81.0 Å². The Hall–Kier alpha value is -1.76. The number of unbranched alkanes of at least 4 members (excludes halogenated alkanes) is 3. The lowest BCUT2D eigenvalue weighted by Gasteiger charge is -2.20. The maximum Gasteiger partial charge on any atom is 0.264 e. The summed E-state index contributed by atoms with van der Waals surface area (Å²) in [6, 6.07) is 13.3. The average molecular weight is 453 g/mol. The summed E-state index contributed by atoms with van der Waals surface area (Å²) in [7, 11) is -2.09. The molecule has 0 aliphatic rings. The Morgan fingerprint density at radius 1 is 0.867 bits per heavy atom. The number of halogens is 1. The van der Waals surface area contributed by atoms with Crippen molar-refractivity contribution in [3.63, 3.8) is 0 Å². The Kier molecular flexibility index (Phi) is 9.95. The number of rotatable bonds is 13. The standard InChI is InChI=1S/C23H33ClN2O3S/c1-4-26(5-2)18-8-6-7-9-19-29-22-14-12-21(13-15-22)25(3)30(27,28)23-16-10-20(24)11-17-23/h10-17H,4-9,18-19H2,1-3H3. The third-order valence-electron chi connectivity index (χ3n) is 5.20. The molecule has 2 aromatic rings. The van der Waals surface area contributed by atoms with Crippen LogP contribution in [0.4, 0.5) is 5.69 Å². The molecule has 0 heterocycles. The lowest BCUT2D eigenvalue weighted by atomic mass is 10.2. The van der Waals surface area contributed by atoms with Crippen molar-refractivity contribution in [1.29, 1.82) is 0 Å². The van der Waals surface area contributed by atoms with Crippen molar-refractivity contribution in [1.82, 2.24) is 4.90 Å². The van der Waals surface area contributed by atoms with Crippen molar-refractivity contribution >= 4 is 27.3 Å². The van der Waals surface area contributed by atoms with Crippen LogP contribution in [0.2, 0.25) is 5.02 Å². The van der Waals surface area contributed by atoms with Gasteiger partial charge >= 0.3 is 0 Å². The molecule has 0 radical (unpaired) electrons. The fraction of sp³-hybridized carbons (Fsp3) is 0.478. The van der Waals surface area contributed by atoms with Gasteiger partial charge in [-0.25, -0.2) is 8.42 Å². The normalized spacial score (nSPS) is 11.6. The summed E-state index contributed by atoms with van der Waals surface area (Å²) in [6.45, 7) is 8.48. The van der Waals surface area contributed by atoms with Gasteiger partial charge < -0.3 is 9.64 Å². The van der Waals surface area contributed by atoms with E-state index in [1.807, 2.05) is 12.1 Å². The zero-order chi connectivity index (χ0) is 22.0. The summed E-state index contributed by atoms with van der Waals surface area (Å²) >= 11 is 5.85. The number of anilines is 1. The van der Waals surface area contributed by atoms with E-state index in [4.69, 9.17) is 16.3 Å². The minimum atomic E-state index is -3.63. The van der Waals surface area contributed by atoms with Crippen molar-refractivity contribution in [3.05, 3.63) is 53.6 Å². The van der Waals surface area contributed by atoms with Crippen LogP contribution >= 0.6 is 11.6 Å². The van der Waals surface area contributed by atoms with Crippen LogP contribution in [0.5, 0.6) is 5.75 Å². The molecule has 0 fully saturated rings. The zero-order valence-corrected chi connectivity index (χ0v) is 19.8. The molecule has 0 aromatic heterocycles. The van der Waals surface area contributed by atoms with Gasteiger partial charge in [0.1, 0.15) is 5.75 Å². The maximum atomic E-state index is 12.8. The summed E-state index contributed by atoms with van der Waals surface area (Å²) in [5, 5.41) is 0.502. The molecule has 5 nitrogen and oxygen atoms in total. The molecule has 2 rings (SSSR count). The van der Waals surface area contributed by atoms with Crippen LogP contribution in [0.15, 0.2) is 53.4 Å². The molecule has 166 valence electrons. The van der Waals surface area contributed by atoms with Gasteiger partial charge in [-0.3, -0.25) is 4.31 Å². The van der Waals surface area contributed by atoms with Crippen molar-refractivity contribution < 1.29 is 13.2 Å². The van der Waals surface area contributed by atoms with Crippen molar-refractivity contribution in [2.45, 2.75) is 44.4 Å². The Morgan fingerprint density at radius 2 is 1.47 bits per heavy atom. The SMILES string of the molecule is CCN(CC)CCCCCCOc1ccc(N(C)S(=O)(=O)c2ccc(Cl)cc2)cc1. The van der Waals surface area contributed by atoms with E-state index in [2.05, 4.69) is 18.7 Å². The van der Waals surface area contributed by atoms with Gasteiger partial charge in [0.25, 0.3) is 10.0 Å². The second kappa shape index (κ2) is 12.2. The van der Waals surface area contributed by atoms with Gasteiger partial charge in [-0.15, -0.1) is 0 Å². The van der Waals surface area contributed by atoms with Crippen molar-refractivity contribution in [3.8, 4) is 5.75 Å². The van der Waals surface area contributed by atoms with E-state index in [-0.39, 0.29) is 4.90 Å². The fourth-order valence-corrected chi connectivity index (χ4v) is 4.50. The fourth-order valence-electron chi connectivity index (χ4n) is 3.18. The highest BCUT2D eigenvalue weighted by Gasteiger charge is 2.21. The molecule has 0 saturated heterocycles. The van der Waals surface area contributed by atoms with Gasteiger partial charge in [0.2, 0.25) is 0 Å². The van der Waals surface area contributed by atoms with Crippen molar-refractivity contribution in [2.75, 3.05) is 37.6 Å². The second-order valence-electron chi connectivity index (χ2n) is 7.21. The highest BCUT2D eigenvalue weighted by Crippen LogP contribution is 2.25. The van der Waals surface area contributed by atoms with E-state index in [0.717, 1.165) is 31.7 Å². The lowest BCUT2D eigenvalue weighted by molar-refractivity contribution is 0.284. The molecule has 0 saturated carbocycles. The molecule has 2 aromatic carbocycles. The Labute approximate surface area is 186 Å². The van der Waals surface area contributed by atoms with Gasteiger partial charge in [-0.2, -0.15) is 0 Å². The Morgan fingerprint density at radius 3 is 2.07 bits per heavy atom.